The summed E-state index contributed by atoms with van der Waals surface area (Å²) in [5.74, 6) is -1.93. The molecule has 3 heterocycles. The number of primary amides is 1. The highest BCUT2D eigenvalue weighted by Crippen LogP contribution is 2.28. The van der Waals surface area contributed by atoms with Crippen molar-refractivity contribution >= 4 is 40.8 Å². The van der Waals surface area contributed by atoms with Crippen molar-refractivity contribution in [3.05, 3.63) is 57.9 Å². The highest BCUT2D eigenvalue weighted by atomic mass is 32.1. The smallest absolute Gasteiger partial charge is 0.313 e. The van der Waals surface area contributed by atoms with E-state index in [1.165, 1.54) is 24.9 Å². The van der Waals surface area contributed by atoms with Crippen LogP contribution in [0.5, 0.6) is 5.88 Å². The molecule has 1 aliphatic rings. The van der Waals surface area contributed by atoms with Crippen LogP contribution in [0.3, 0.4) is 0 Å². The Morgan fingerprint density at radius 1 is 1.36 bits per heavy atom. The predicted octanol–water partition coefficient (Wildman–Crippen LogP) is 3.39. The lowest BCUT2D eigenvalue weighted by atomic mass is 9.90. The SMILES string of the molecule is C=C(/C=C\c1sccc1C)[C@@H]1CC[C@@H](C)CN1C(=O)C(=O)Nc1cnc(OC)c(C(N)=O)c1. The molecule has 0 unspecified atom stereocenters. The topological polar surface area (TPSA) is 115 Å². The minimum absolute atomic E-state index is 0.00889. The zero-order valence-electron chi connectivity index (χ0n) is 19.0. The number of nitrogens with two attached hydrogens (primary N) is 1. The first-order valence-electron chi connectivity index (χ1n) is 10.6. The van der Waals surface area contributed by atoms with E-state index in [2.05, 4.69) is 23.8 Å². The highest BCUT2D eigenvalue weighted by Gasteiger charge is 2.34. The molecule has 0 spiro atoms. The first-order valence-corrected chi connectivity index (χ1v) is 11.5. The Bertz CT molecular complexity index is 1110. The van der Waals surface area contributed by atoms with E-state index in [1.807, 2.05) is 30.5 Å². The molecule has 0 saturated carbocycles. The van der Waals surface area contributed by atoms with Gasteiger partial charge in [0, 0.05) is 11.4 Å². The van der Waals surface area contributed by atoms with E-state index < -0.39 is 17.7 Å². The van der Waals surface area contributed by atoms with Gasteiger partial charge in [-0.05, 0) is 60.4 Å². The van der Waals surface area contributed by atoms with E-state index in [0.29, 0.717) is 6.54 Å². The van der Waals surface area contributed by atoms with Gasteiger partial charge in [0.1, 0.15) is 5.56 Å². The molecule has 0 aromatic carbocycles. The highest BCUT2D eigenvalue weighted by molar-refractivity contribution is 7.11. The number of likely N-dealkylation sites (tertiary alicyclic amines) is 1. The molecule has 174 valence electrons. The number of hydrogen-bond acceptors (Lipinski definition) is 6. The van der Waals surface area contributed by atoms with Crippen LogP contribution in [-0.2, 0) is 9.59 Å². The van der Waals surface area contributed by atoms with E-state index in [0.717, 1.165) is 23.3 Å². The Morgan fingerprint density at radius 2 is 2.12 bits per heavy atom. The number of ether oxygens (including phenoxy) is 1. The second-order valence-electron chi connectivity index (χ2n) is 8.13. The van der Waals surface area contributed by atoms with Crippen molar-refractivity contribution in [2.75, 3.05) is 19.0 Å². The minimum Gasteiger partial charge on any atom is -0.480 e. The maximum absolute atomic E-state index is 13.1. The largest absolute Gasteiger partial charge is 0.480 e. The van der Waals surface area contributed by atoms with Crippen LogP contribution in [0.4, 0.5) is 5.69 Å². The fourth-order valence-electron chi connectivity index (χ4n) is 3.79. The number of anilines is 1. The second kappa shape index (κ2) is 10.4. The van der Waals surface area contributed by atoms with Crippen molar-refractivity contribution < 1.29 is 19.1 Å². The molecule has 0 radical (unpaired) electrons. The van der Waals surface area contributed by atoms with Gasteiger partial charge in [0.25, 0.3) is 5.91 Å². The zero-order chi connectivity index (χ0) is 24.1. The standard InChI is InChI=1S/C24H28N4O4S/c1-14-5-7-19(15(2)6-8-20-16(3)9-10-33-20)28(13-14)24(31)22(30)27-17-11-18(21(25)29)23(32-4)26-12-17/h6,8-12,14,19H,2,5,7,13H2,1,3-4H3,(H2,25,29)(H,27,30)/b8-6-/t14-,19+/m1/s1. The monoisotopic (exact) mass is 468 g/mol. The lowest BCUT2D eigenvalue weighted by Gasteiger charge is -2.38. The van der Waals surface area contributed by atoms with Crippen LogP contribution >= 0.6 is 11.3 Å². The molecule has 1 saturated heterocycles. The number of carbonyl (C=O) groups excluding carboxylic acids is 3. The lowest BCUT2D eigenvalue weighted by molar-refractivity contribution is -0.145. The summed E-state index contributed by atoms with van der Waals surface area (Å²) in [7, 11) is 1.36. The number of nitrogens with zero attached hydrogens (tertiary/aromatic N) is 2. The number of aromatic nitrogens is 1. The van der Waals surface area contributed by atoms with Gasteiger partial charge >= 0.3 is 11.8 Å². The Kier molecular flexibility index (Phi) is 7.65. The molecule has 2 atom stereocenters. The van der Waals surface area contributed by atoms with Crippen LogP contribution in [0, 0.1) is 12.8 Å². The van der Waals surface area contributed by atoms with Gasteiger partial charge in [-0.2, -0.15) is 0 Å². The van der Waals surface area contributed by atoms with Crippen molar-refractivity contribution in [1.82, 2.24) is 9.88 Å². The van der Waals surface area contributed by atoms with Crippen LogP contribution in [0.15, 0.2) is 41.9 Å². The van der Waals surface area contributed by atoms with Gasteiger partial charge in [-0.1, -0.05) is 19.6 Å². The van der Waals surface area contributed by atoms with Crippen LogP contribution < -0.4 is 15.8 Å². The Morgan fingerprint density at radius 3 is 2.76 bits per heavy atom. The Labute approximate surface area is 197 Å². The summed E-state index contributed by atoms with van der Waals surface area (Å²) < 4.78 is 5.00. The number of thiophene rings is 1. The van der Waals surface area contributed by atoms with Gasteiger partial charge in [0.2, 0.25) is 5.88 Å². The third-order valence-corrected chi connectivity index (χ3v) is 6.60. The predicted molar refractivity (Wildman–Crippen MR) is 129 cm³/mol. The van der Waals surface area contributed by atoms with Crippen molar-refractivity contribution in [2.24, 2.45) is 11.7 Å². The van der Waals surface area contributed by atoms with E-state index in [-0.39, 0.29) is 29.1 Å². The maximum atomic E-state index is 13.1. The van der Waals surface area contributed by atoms with Gasteiger partial charge in [0.05, 0.1) is 25.0 Å². The molecule has 1 aliphatic heterocycles. The van der Waals surface area contributed by atoms with Gasteiger partial charge < -0.3 is 20.7 Å². The summed E-state index contributed by atoms with van der Waals surface area (Å²) in [6, 6.07) is 3.11. The first-order chi connectivity index (χ1) is 15.7. The third kappa shape index (κ3) is 5.67. The van der Waals surface area contributed by atoms with Crippen LogP contribution in [0.1, 0.15) is 40.6 Å². The number of aryl methyl sites for hydroxylation is 1. The number of carbonyl (C=O) groups is 3. The average Bonchev–Trinajstić information content (AvgIpc) is 3.21. The molecular weight excluding hydrogens is 440 g/mol. The Hall–Kier alpha value is -3.46. The molecule has 0 aliphatic carbocycles. The molecular formula is C24H28N4O4S. The second-order valence-corrected chi connectivity index (χ2v) is 9.08. The quantitative estimate of drug-likeness (QED) is 0.498. The number of pyridine rings is 1. The molecule has 2 aromatic heterocycles. The number of piperidine rings is 1. The first kappa shape index (κ1) is 24.2. The number of nitrogens with one attached hydrogen (secondary N) is 1. The molecule has 3 N–H and O–H groups in total. The van der Waals surface area contributed by atoms with E-state index in [1.54, 1.807) is 16.2 Å². The van der Waals surface area contributed by atoms with Crippen molar-refractivity contribution in [3.63, 3.8) is 0 Å². The molecule has 1 fully saturated rings. The number of methoxy groups -OCH3 is 1. The van der Waals surface area contributed by atoms with Gasteiger partial charge in [0.15, 0.2) is 0 Å². The van der Waals surface area contributed by atoms with E-state index in [4.69, 9.17) is 10.5 Å². The fourth-order valence-corrected chi connectivity index (χ4v) is 4.61. The fraction of sp³-hybridized carbons (Fsp3) is 0.333. The summed E-state index contributed by atoms with van der Waals surface area (Å²) in [5.41, 5.74) is 7.48. The van der Waals surface area contributed by atoms with E-state index >= 15 is 0 Å². The number of rotatable bonds is 6. The minimum atomic E-state index is -0.817. The molecule has 33 heavy (non-hydrogen) atoms. The average molecular weight is 469 g/mol. The van der Waals surface area contributed by atoms with Gasteiger partial charge in [-0.3, -0.25) is 14.4 Å². The molecule has 0 bridgehead atoms. The third-order valence-electron chi connectivity index (χ3n) is 5.62. The van der Waals surface area contributed by atoms with Crippen LogP contribution in [0.25, 0.3) is 6.08 Å². The summed E-state index contributed by atoms with van der Waals surface area (Å²) in [4.78, 5) is 44.2. The molecule has 3 amide bonds. The molecule has 2 aromatic rings. The number of hydrogen-bond donors (Lipinski definition) is 2. The summed E-state index contributed by atoms with van der Waals surface area (Å²) >= 11 is 1.64. The van der Waals surface area contributed by atoms with Crippen molar-refractivity contribution in [2.45, 2.75) is 32.7 Å². The van der Waals surface area contributed by atoms with Crippen LogP contribution in [-0.4, -0.2) is 47.3 Å². The summed E-state index contributed by atoms with van der Waals surface area (Å²) in [6.45, 7) is 8.72. The lowest BCUT2D eigenvalue weighted by Crippen LogP contribution is -2.50. The molecule has 3 rings (SSSR count). The van der Waals surface area contributed by atoms with Gasteiger partial charge in [-0.15, -0.1) is 11.3 Å². The van der Waals surface area contributed by atoms with Crippen LogP contribution in [0.2, 0.25) is 0 Å². The van der Waals surface area contributed by atoms with Crippen molar-refractivity contribution in [1.29, 1.82) is 0 Å². The van der Waals surface area contributed by atoms with Gasteiger partial charge in [-0.25, -0.2) is 4.98 Å². The Balaban J connectivity index is 1.76. The van der Waals surface area contributed by atoms with Crippen molar-refractivity contribution in [3.8, 4) is 5.88 Å². The van der Waals surface area contributed by atoms with E-state index in [9.17, 15) is 14.4 Å². The maximum Gasteiger partial charge on any atom is 0.313 e. The zero-order valence-corrected chi connectivity index (χ0v) is 19.8. The summed E-state index contributed by atoms with van der Waals surface area (Å²) in [6.07, 6.45) is 6.88. The summed E-state index contributed by atoms with van der Waals surface area (Å²) in [5, 5.41) is 4.55. The number of amides is 3. The molecule has 9 heteroatoms. The molecule has 8 nitrogen and oxygen atoms in total. The normalized spacial score (nSPS) is 18.2.